The number of rotatable bonds is 7. The molecule has 1 rings (SSSR count). The number of nitrogens with two attached hydrogens (primary N) is 1. The molecule has 21 heavy (non-hydrogen) atoms. The van der Waals surface area contributed by atoms with E-state index in [2.05, 4.69) is 5.32 Å². The number of esters is 1. The van der Waals surface area contributed by atoms with Gasteiger partial charge in [-0.15, -0.1) is 0 Å². The number of benzene rings is 1. The van der Waals surface area contributed by atoms with Gasteiger partial charge < -0.3 is 25.3 Å². The maximum Gasteiger partial charge on any atom is 0.342 e. The summed E-state index contributed by atoms with van der Waals surface area (Å²) in [5.41, 5.74) is 6.21. The molecule has 1 atom stereocenters. The van der Waals surface area contributed by atoms with Crippen LogP contribution >= 0.6 is 0 Å². The third-order valence-corrected chi connectivity index (χ3v) is 2.70. The predicted molar refractivity (Wildman–Crippen MR) is 77.2 cm³/mol. The van der Waals surface area contributed by atoms with E-state index in [1.54, 1.807) is 12.1 Å². The second kappa shape index (κ2) is 8.11. The Morgan fingerprint density at radius 1 is 1.33 bits per heavy atom. The molecule has 116 valence electrons. The molecule has 0 saturated heterocycles. The monoisotopic (exact) mass is 296 g/mol. The number of nitrogen functional groups attached to an aromatic ring is 1. The Hall–Kier alpha value is -2.28. The molecule has 1 aromatic rings. The predicted octanol–water partition coefficient (Wildman–Crippen LogP) is 0.585. The van der Waals surface area contributed by atoms with Gasteiger partial charge >= 0.3 is 5.97 Å². The summed E-state index contributed by atoms with van der Waals surface area (Å²) in [7, 11) is 2.96. The van der Waals surface area contributed by atoms with Gasteiger partial charge in [-0.1, -0.05) is 0 Å². The summed E-state index contributed by atoms with van der Waals surface area (Å²) in [4.78, 5) is 23.8. The van der Waals surface area contributed by atoms with Crippen molar-refractivity contribution in [3.63, 3.8) is 0 Å². The Bertz CT molecular complexity index is 504. The average Bonchev–Trinajstić information content (AvgIpc) is 2.47. The van der Waals surface area contributed by atoms with Crippen molar-refractivity contribution in [2.45, 2.75) is 13.0 Å². The summed E-state index contributed by atoms with van der Waals surface area (Å²) in [6, 6.07) is 4.61. The second-order valence-corrected chi connectivity index (χ2v) is 4.29. The summed E-state index contributed by atoms with van der Waals surface area (Å²) in [5, 5.41) is 2.58. The van der Waals surface area contributed by atoms with Crippen molar-refractivity contribution in [1.82, 2.24) is 5.32 Å². The first-order valence-electron chi connectivity index (χ1n) is 6.40. The highest BCUT2D eigenvalue weighted by Crippen LogP contribution is 2.22. The van der Waals surface area contributed by atoms with Crippen LogP contribution in [0, 0.1) is 0 Å². The van der Waals surface area contributed by atoms with Crippen molar-refractivity contribution in [2.75, 3.05) is 33.1 Å². The number of nitrogens with one attached hydrogen (secondary N) is 1. The van der Waals surface area contributed by atoms with Crippen molar-refractivity contribution in [3.05, 3.63) is 23.8 Å². The lowest BCUT2D eigenvalue weighted by atomic mass is 10.2. The standard InChI is InChI=1S/C14H20N2O5/c1-9(13(17)16-6-7-19-2)21-14(18)11-8-10(15)4-5-12(11)20-3/h4-5,8-9H,6-7,15H2,1-3H3,(H,16,17). The lowest BCUT2D eigenvalue weighted by Gasteiger charge is -2.15. The van der Waals surface area contributed by atoms with E-state index < -0.39 is 18.0 Å². The molecule has 1 aromatic carbocycles. The first-order chi connectivity index (χ1) is 9.99. The number of carbonyl (C=O) groups excluding carboxylic acids is 2. The number of methoxy groups -OCH3 is 2. The summed E-state index contributed by atoms with van der Waals surface area (Å²) < 4.78 is 15.0. The molecule has 0 aromatic heterocycles. The van der Waals surface area contributed by atoms with Gasteiger partial charge in [0.15, 0.2) is 6.10 Å². The minimum Gasteiger partial charge on any atom is -0.496 e. The first kappa shape index (κ1) is 16.8. The van der Waals surface area contributed by atoms with Crippen LogP contribution in [0.4, 0.5) is 5.69 Å². The minimum absolute atomic E-state index is 0.175. The van der Waals surface area contributed by atoms with Crippen LogP contribution in [0.15, 0.2) is 18.2 Å². The van der Waals surface area contributed by atoms with Gasteiger partial charge in [-0.05, 0) is 25.1 Å². The Morgan fingerprint density at radius 3 is 2.67 bits per heavy atom. The lowest BCUT2D eigenvalue weighted by Crippen LogP contribution is -2.37. The molecular weight excluding hydrogens is 276 g/mol. The summed E-state index contributed by atoms with van der Waals surface area (Å²) in [6.07, 6.45) is -0.930. The molecule has 3 N–H and O–H groups in total. The molecule has 0 aliphatic carbocycles. The van der Waals surface area contributed by atoms with Crippen molar-refractivity contribution in [3.8, 4) is 5.75 Å². The molecule has 0 fully saturated rings. The third kappa shape index (κ3) is 4.96. The SMILES string of the molecule is COCCNC(=O)C(C)OC(=O)c1cc(N)ccc1OC. The van der Waals surface area contributed by atoms with Gasteiger partial charge in [-0.2, -0.15) is 0 Å². The molecule has 0 spiro atoms. The van der Waals surface area contributed by atoms with Gasteiger partial charge in [-0.25, -0.2) is 4.79 Å². The van der Waals surface area contributed by atoms with Crippen molar-refractivity contribution in [1.29, 1.82) is 0 Å². The summed E-state index contributed by atoms with van der Waals surface area (Å²) >= 11 is 0. The summed E-state index contributed by atoms with van der Waals surface area (Å²) in [5.74, 6) is -0.738. The first-order valence-corrected chi connectivity index (χ1v) is 6.40. The summed E-state index contributed by atoms with van der Waals surface area (Å²) in [6.45, 7) is 2.22. The van der Waals surface area contributed by atoms with Gasteiger partial charge in [0.05, 0.1) is 13.7 Å². The van der Waals surface area contributed by atoms with E-state index in [4.69, 9.17) is 19.9 Å². The molecule has 0 aliphatic heterocycles. The number of ether oxygens (including phenoxy) is 3. The Labute approximate surface area is 123 Å². The molecule has 0 saturated carbocycles. The number of carbonyl (C=O) groups is 2. The number of hydrogen-bond donors (Lipinski definition) is 2. The van der Waals surface area contributed by atoms with Crippen LogP contribution < -0.4 is 15.8 Å². The molecule has 0 bridgehead atoms. The lowest BCUT2D eigenvalue weighted by molar-refractivity contribution is -0.129. The zero-order valence-corrected chi connectivity index (χ0v) is 12.3. The molecule has 7 heteroatoms. The van der Waals surface area contributed by atoms with Crippen LogP contribution in [0.1, 0.15) is 17.3 Å². The van der Waals surface area contributed by atoms with Crippen LogP contribution in [0.25, 0.3) is 0 Å². The van der Waals surface area contributed by atoms with Crippen molar-refractivity contribution >= 4 is 17.6 Å². The number of anilines is 1. The Kier molecular flexibility index (Phi) is 6.48. The Morgan fingerprint density at radius 2 is 2.05 bits per heavy atom. The fourth-order valence-corrected chi connectivity index (χ4v) is 1.58. The minimum atomic E-state index is -0.930. The van der Waals surface area contributed by atoms with Crippen LogP contribution in [0.2, 0.25) is 0 Å². The molecule has 0 aliphatic rings. The van der Waals surface area contributed by atoms with Gasteiger partial charge in [0.2, 0.25) is 0 Å². The van der Waals surface area contributed by atoms with Gasteiger partial charge in [0, 0.05) is 19.3 Å². The highest BCUT2D eigenvalue weighted by Gasteiger charge is 2.21. The van der Waals surface area contributed by atoms with Crippen LogP contribution in [-0.4, -0.2) is 45.4 Å². The normalized spacial score (nSPS) is 11.6. The van der Waals surface area contributed by atoms with E-state index in [-0.39, 0.29) is 5.56 Å². The molecule has 0 heterocycles. The van der Waals surface area contributed by atoms with E-state index in [0.717, 1.165) is 0 Å². The van der Waals surface area contributed by atoms with E-state index in [9.17, 15) is 9.59 Å². The zero-order valence-electron chi connectivity index (χ0n) is 12.3. The molecule has 1 unspecified atom stereocenters. The molecule has 0 radical (unpaired) electrons. The maximum atomic E-state index is 12.1. The van der Waals surface area contributed by atoms with E-state index >= 15 is 0 Å². The van der Waals surface area contributed by atoms with Crippen LogP contribution in [-0.2, 0) is 14.3 Å². The van der Waals surface area contributed by atoms with Gasteiger partial charge in [0.25, 0.3) is 5.91 Å². The van der Waals surface area contributed by atoms with E-state index in [1.165, 1.54) is 27.2 Å². The van der Waals surface area contributed by atoms with E-state index in [0.29, 0.717) is 24.6 Å². The quantitative estimate of drug-likeness (QED) is 0.434. The average molecular weight is 296 g/mol. The van der Waals surface area contributed by atoms with Gasteiger partial charge in [0.1, 0.15) is 11.3 Å². The largest absolute Gasteiger partial charge is 0.496 e. The molecule has 7 nitrogen and oxygen atoms in total. The highest BCUT2D eigenvalue weighted by molar-refractivity contribution is 5.95. The third-order valence-electron chi connectivity index (χ3n) is 2.70. The maximum absolute atomic E-state index is 12.1. The number of amides is 1. The Balaban J connectivity index is 2.68. The van der Waals surface area contributed by atoms with Crippen molar-refractivity contribution < 1.29 is 23.8 Å². The fraction of sp³-hybridized carbons (Fsp3) is 0.429. The van der Waals surface area contributed by atoms with E-state index in [1.807, 2.05) is 0 Å². The van der Waals surface area contributed by atoms with Gasteiger partial charge in [-0.3, -0.25) is 4.79 Å². The molecular formula is C14H20N2O5. The second-order valence-electron chi connectivity index (χ2n) is 4.29. The number of hydrogen-bond acceptors (Lipinski definition) is 6. The van der Waals surface area contributed by atoms with Crippen molar-refractivity contribution in [2.24, 2.45) is 0 Å². The van der Waals surface area contributed by atoms with Crippen LogP contribution in [0.3, 0.4) is 0 Å². The van der Waals surface area contributed by atoms with Crippen LogP contribution in [0.5, 0.6) is 5.75 Å². The smallest absolute Gasteiger partial charge is 0.342 e. The highest BCUT2D eigenvalue weighted by atomic mass is 16.5. The topological polar surface area (TPSA) is 99.9 Å². The molecule has 1 amide bonds. The zero-order chi connectivity index (χ0) is 15.8. The fourth-order valence-electron chi connectivity index (χ4n) is 1.58.